The van der Waals surface area contributed by atoms with Crippen LogP contribution >= 0.6 is 0 Å². The number of esters is 2. The fourth-order valence-electron chi connectivity index (χ4n) is 3.54. The Labute approximate surface area is 205 Å². The van der Waals surface area contributed by atoms with Gasteiger partial charge in [0.1, 0.15) is 6.10 Å². The molecule has 2 atom stereocenters. The van der Waals surface area contributed by atoms with E-state index in [9.17, 15) is 9.59 Å². The highest BCUT2D eigenvalue weighted by Crippen LogP contribution is 2.44. The molecule has 0 heterocycles. The van der Waals surface area contributed by atoms with Crippen molar-refractivity contribution in [1.82, 2.24) is 0 Å². The molecule has 0 aliphatic rings. The summed E-state index contributed by atoms with van der Waals surface area (Å²) in [6.07, 6.45) is 0.744. The van der Waals surface area contributed by atoms with Crippen molar-refractivity contribution < 1.29 is 42.7 Å². The van der Waals surface area contributed by atoms with Gasteiger partial charge in [0, 0.05) is 19.4 Å². The van der Waals surface area contributed by atoms with Gasteiger partial charge in [0.15, 0.2) is 29.1 Å². The van der Waals surface area contributed by atoms with Gasteiger partial charge in [-0.05, 0) is 43.2 Å². The molecule has 0 amide bonds. The maximum absolute atomic E-state index is 12.0. The van der Waals surface area contributed by atoms with Gasteiger partial charge in [-0.15, -0.1) is 6.58 Å². The molecule has 0 radical (unpaired) electrons. The monoisotopic (exact) mass is 488 g/mol. The normalized spacial score (nSPS) is 12.1. The summed E-state index contributed by atoms with van der Waals surface area (Å²) in [4.78, 5) is 23.7. The number of methoxy groups -OCH3 is 4. The summed E-state index contributed by atoms with van der Waals surface area (Å²) in [7, 11) is 5.91. The van der Waals surface area contributed by atoms with E-state index in [2.05, 4.69) is 6.58 Å². The Hall–Kier alpha value is -3.88. The molecule has 0 saturated carbocycles. The van der Waals surface area contributed by atoms with Crippen molar-refractivity contribution in [3.05, 3.63) is 48.0 Å². The molecule has 0 N–H and O–H groups in total. The highest BCUT2D eigenvalue weighted by atomic mass is 16.6. The average molecular weight is 489 g/mol. The van der Waals surface area contributed by atoms with E-state index in [0.29, 0.717) is 29.2 Å². The molecule has 0 aliphatic carbocycles. The van der Waals surface area contributed by atoms with Crippen LogP contribution in [-0.2, 0) is 20.7 Å². The fourth-order valence-corrected chi connectivity index (χ4v) is 3.54. The van der Waals surface area contributed by atoms with E-state index in [-0.39, 0.29) is 17.2 Å². The SMILES string of the molecule is C=CCc1cc(OC)c(O[C@H](C)[C@H](OC(C)=O)c2cc(OC)c(OC)c(OC(C)=O)c2)c(OC)c1. The van der Waals surface area contributed by atoms with Gasteiger partial charge in [0.05, 0.1) is 28.4 Å². The molecule has 2 aromatic carbocycles. The van der Waals surface area contributed by atoms with Crippen LogP contribution in [0.25, 0.3) is 0 Å². The molecule has 0 fully saturated rings. The van der Waals surface area contributed by atoms with Crippen molar-refractivity contribution in [3.8, 4) is 34.5 Å². The molecule has 2 aromatic rings. The summed E-state index contributed by atoms with van der Waals surface area (Å²) >= 11 is 0. The molecule has 9 heteroatoms. The fraction of sp³-hybridized carbons (Fsp3) is 0.385. The van der Waals surface area contributed by atoms with Crippen LogP contribution < -0.4 is 28.4 Å². The first-order valence-electron chi connectivity index (χ1n) is 10.8. The second-order valence-corrected chi connectivity index (χ2v) is 7.52. The maximum atomic E-state index is 12.0. The van der Waals surface area contributed by atoms with E-state index in [4.69, 9.17) is 33.2 Å². The molecule has 0 aliphatic heterocycles. The number of allylic oxidation sites excluding steroid dienone is 1. The van der Waals surface area contributed by atoms with Gasteiger partial charge in [-0.2, -0.15) is 0 Å². The largest absolute Gasteiger partial charge is 0.493 e. The first-order chi connectivity index (χ1) is 16.7. The number of benzene rings is 2. The minimum absolute atomic E-state index is 0.114. The molecule has 190 valence electrons. The lowest BCUT2D eigenvalue weighted by atomic mass is 10.0. The van der Waals surface area contributed by atoms with Crippen molar-refractivity contribution in [2.24, 2.45) is 0 Å². The number of ether oxygens (including phenoxy) is 7. The summed E-state index contributed by atoms with van der Waals surface area (Å²) < 4.78 is 39.0. The van der Waals surface area contributed by atoms with Gasteiger partial charge >= 0.3 is 11.9 Å². The third-order valence-corrected chi connectivity index (χ3v) is 4.97. The van der Waals surface area contributed by atoms with Crippen molar-refractivity contribution in [2.45, 2.75) is 39.4 Å². The lowest BCUT2D eigenvalue weighted by Crippen LogP contribution is -2.26. The van der Waals surface area contributed by atoms with Crippen LogP contribution in [-0.4, -0.2) is 46.5 Å². The summed E-state index contributed by atoms with van der Waals surface area (Å²) in [6.45, 7) is 8.05. The first-order valence-corrected chi connectivity index (χ1v) is 10.8. The Balaban J connectivity index is 2.57. The summed E-state index contributed by atoms with van der Waals surface area (Å²) in [5.74, 6) is 0.776. The van der Waals surface area contributed by atoms with Gasteiger partial charge < -0.3 is 33.2 Å². The van der Waals surface area contributed by atoms with Crippen molar-refractivity contribution >= 4 is 11.9 Å². The maximum Gasteiger partial charge on any atom is 0.308 e. The quantitative estimate of drug-likeness (QED) is 0.244. The Morgan fingerprint density at radius 3 is 1.83 bits per heavy atom. The number of hydrogen-bond donors (Lipinski definition) is 0. The van der Waals surface area contributed by atoms with Crippen LogP contribution in [0.1, 0.15) is 38.0 Å². The lowest BCUT2D eigenvalue weighted by molar-refractivity contribution is -0.151. The minimum Gasteiger partial charge on any atom is -0.493 e. The van der Waals surface area contributed by atoms with Crippen molar-refractivity contribution in [3.63, 3.8) is 0 Å². The van der Waals surface area contributed by atoms with Gasteiger partial charge in [-0.3, -0.25) is 9.59 Å². The van der Waals surface area contributed by atoms with E-state index in [0.717, 1.165) is 5.56 Å². The van der Waals surface area contributed by atoms with Crippen LogP contribution in [0.4, 0.5) is 0 Å². The Morgan fingerprint density at radius 1 is 0.829 bits per heavy atom. The van der Waals surface area contributed by atoms with Gasteiger partial charge in [-0.25, -0.2) is 0 Å². The van der Waals surface area contributed by atoms with Gasteiger partial charge in [0.25, 0.3) is 0 Å². The van der Waals surface area contributed by atoms with Crippen LogP contribution in [0.15, 0.2) is 36.9 Å². The van der Waals surface area contributed by atoms with Crippen LogP contribution in [0.3, 0.4) is 0 Å². The zero-order valence-corrected chi connectivity index (χ0v) is 21.1. The van der Waals surface area contributed by atoms with Gasteiger partial charge in [0.2, 0.25) is 11.5 Å². The number of hydrogen-bond acceptors (Lipinski definition) is 9. The average Bonchev–Trinajstić information content (AvgIpc) is 2.82. The molecule has 2 rings (SSSR count). The third-order valence-electron chi connectivity index (χ3n) is 4.97. The third kappa shape index (κ3) is 6.81. The van der Waals surface area contributed by atoms with Crippen molar-refractivity contribution in [1.29, 1.82) is 0 Å². The smallest absolute Gasteiger partial charge is 0.308 e. The van der Waals surface area contributed by atoms with Crippen LogP contribution in [0.2, 0.25) is 0 Å². The zero-order valence-electron chi connectivity index (χ0n) is 21.1. The summed E-state index contributed by atoms with van der Waals surface area (Å²) in [6, 6.07) is 6.81. The molecule has 9 nitrogen and oxygen atoms in total. The van der Waals surface area contributed by atoms with E-state index in [1.807, 2.05) is 12.1 Å². The number of carbonyl (C=O) groups is 2. The standard InChI is InChI=1S/C26H32O9/c1-9-10-18-11-20(29-5)26(21(12-18)30-6)33-15(2)24(35-17(4)28)19-13-22(31-7)25(32-8)23(14-19)34-16(3)27/h9,11-15,24H,1,10H2,2-8H3/t15-,24+/m1/s1. The highest BCUT2D eigenvalue weighted by Gasteiger charge is 2.30. The molecule has 35 heavy (non-hydrogen) atoms. The van der Waals surface area contributed by atoms with Crippen molar-refractivity contribution in [2.75, 3.05) is 28.4 Å². The van der Waals surface area contributed by atoms with Gasteiger partial charge in [-0.1, -0.05) is 6.08 Å². The number of rotatable bonds is 12. The topological polar surface area (TPSA) is 98.8 Å². The predicted octanol–water partition coefficient (Wildman–Crippen LogP) is 4.45. The molecule has 0 saturated heterocycles. The van der Waals surface area contributed by atoms with E-state index < -0.39 is 24.1 Å². The first kappa shape index (κ1) is 27.4. The Morgan fingerprint density at radius 2 is 1.37 bits per heavy atom. The Kier molecular flexibility index (Phi) is 9.81. The molecule has 0 unspecified atom stereocenters. The summed E-state index contributed by atoms with van der Waals surface area (Å²) in [5.41, 5.74) is 1.39. The number of carbonyl (C=O) groups excluding carboxylic acids is 2. The van der Waals surface area contributed by atoms with Crippen LogP contribution in [0, 0.1) is 0 Å². The Bertz CT molecular complexity index is 1040. The van der Waals surface area contributed by atoms with Crippen LogP contribution in [0.5, 0.6) is 34.5 Å². The highest BCUT2D eigenvalue weighted by molar-refractivity contribution is 5.72. The predicted molar refractivity (Wildman–Crippen MR) is 129 cm³/mol. The zero-order chi connectivity index (χ0) is 26.1. The second-order valence-electron chi connectivity index (χ2n) is 7.52. The summed E-state index contributed by atoms with van der Waals surface area (Å²) in [5, 5.41) is 0. The molecule has 0 spiro atoms. The van der Waals surface area contributed by atoms with E-state index >= 15 is 0 Å². The second kappa shape index (κ2) is 12.5. The van der Waals surface area contributed by atoms with E-state index in [1.165, 1.54) is 48.4 Å². The molecule has 0 aromatic heterocycles. The van der Waals surface area contributed by atoms with E-state index in [1.54, 1.807) is 19.1 Å². The minimum atomic E-state index is -0.913. The molecular formula is C26H32O9. The molecular weight excluding hydrogens is 456 g/mol. The molecule has 0 bridgehead atoms. The lowest BCUT2D eigenvalue weighted by Gasteiger charge is -2.27.